The molecule has 0 aromatic carbocycles. The van der Waals surface area contributed by atoms with Gasteiger partial charge in [-0.3, -0.25) is 9.59 Å². The third-order valence-corrected chi connectivity index (χ3v) is 10.5. The third-order valence-electron chi connectivity index (χ3n) is 10.5. The largest absolute Gasteiger partial charge is 0.384 e. The van der Waals surface area contributed by atoms with Crippen LogP contribution in [0.2, 0.25) is 0 Å². The van der Waals surface area contributed by atoms with Crippen LogP contribution in [0.3, 0.4) is 0 Å². The number of amides is 2. The van der Waals surface area contributed by atoms with Gasteiger partial charge in [0.15, 0.2) is 0 Å². The topological polar surface area (TPSA) is 58.2 Å². The summed E-state index contributed by atoms with van der Waals surface area (Å²) in [5.74, 6) is -82.3. The van der Waals surface area contributed by atoms with E-state index in [1.165, 1.54) is 0 Å². The lowest BCUT2D eigenvalue weighted by molar-refractivity contribution is -0.476. The Balaban J connectivity index is 1.35. The molecular weight excluding hydrogens is 802 g/mol. The molecule has 2 amide bonds. The first-order chi connectivity index (χ1) is 23.4. The van der Waals surface area contributed by atoms with Gasteiger partial charge in [-0.15, -0.1) is 0 Å². The molecule has 0 aliphatic heterocycles. The normalized spacial score (nSPS) is 36.0. The average molecular weight is 826 g/mol. The van der Waals surface area contributed by atoms with Crippen LogP contribution in [-0.4, -0.2) is 94.5 Å². The fourth-order valence-electron chi connectivity index (χ4n) is 7.14. The van der Waals surface area contributed by atoms with Crippen LogP contribution in [0.4, 0.5) is 96.6 Å². The molecule has 26 heteroatoms. The van der Waals surface area contributed by atoms with Gasteiger partial charge in [-0.1, -0.05) is 0 Å². The molecule has 0 bridgehead atoms. The summed E-state index contributed by atoms with van der Waals surface area (Å²) in [5, 5.41) is 2.30. The highest BCUT2D eigenvalue weighted by Crippen LogP contribution is 2.71. The molecule has 53 heavy (non-hydrogen) atoms. The van der Waals surface area contributed by atoms with Gasteiger partial charge in [0.25, 0.3) is 11.8 Å². The predicted molar refractivity (Wildman–Crippen MR) is 130 cm³/mol. The average Bonchev–Trinajstić information content (AvgIpc) is 3.03. The molecule has 0 radical (unpaired) electrons. The standard InChI is InChI=1S/C27H24F22N2O2/c28-16(18(30,31)22(38,39)26(46,47)23(40,41)19(16,32)33)14(52)50-12-5-1-10(2-6-12)9-11-3-7-13(8-4-11)51-15(53)17(29)20(34,35)24(42,43)27(48,49)25(44,45)21(17,36)37/h10-13H,1-9H2,(H,50,52)(H,51,53). The van der Waals surface area contributed by atoms with Gasteiger partial charge in [0.1, 0.15) is 0 Å². The maximum Gasteiger partial charge on any atom is 0.384 e. The van der Waals surface area contributed by atoms with Gasteiger partial charge >= 0.3 is 70.6 Å². The van der Waals surface area contributed by atoms with E-state index in [-0.39, 0.29) is 32.1 Å². The molecule has 0 atom stereocenters. The van der Waals surface area contributed by atoms with Gasteiger partial charge in [0, 0.05) is 12.1 Å². The van der Waals surface area contributed by atoms with E-state index in [9.17, 15) is 106 Å². The molecule has 4 aliphatic rings. The molecule has 4 saturated carbocycles. The summed E-state index contributed by atoms with van der Waals surface area (Å²) in [7, 11) is 0. The van der Waals surface area contributed by atoms with Crippen LogP contribution in [0.1, 0.15) is 57.8 Å². The number of nitrogens with one attached hydrogen (secondary N) is 2. The zero-order valence-corrected chi connectivity index (χ0v) is 25.8. The molecule has 308 valence electrons. The minimum Gasteiger partial charge on any atom is -0.350 e. The van der Waals surface area contributed by atoms with Crippen molar-refractivity contribution in [2.75, 3.05) is 0 Å². The second kappa shape index (κ2) is 12.0. The van der Waals surface area contributed by atoms with Crippen LogP contribution in [-0.2, 0) is 9.59 Å². The number of carbonyl (C=O) groups is 2. The van der Waals surface area contributed by atoms with Gasteiger partial charge in [0.2, 0.25) is 0 Å². The molecule has 0 aromatic rings. The van der Waals surface area contributed by atoms with E-state index >= 15 is 0 Å². The Morgan fingerprint density at radius 2 is 0.528 bits per heavy atom. The lowest BCUT2D eigenvalue weighted by Crippen LogP contribution is -2.86. The summed E-state index contributed by atoms with van der Waals surface area (Å²) >= 11 is 0. The van der Waals surface area contributed by atoms with E-state index in [1.54, 1.807) is 0 Å². The Morgan fingerprint density at radius 3 is 0.736 bits per heavy atom. The minimum absolute atomic E-state index is 0.106. The van der Waals surface area contributed by atoms with Crippen molar-refractivity contribution in [1.82, 2.24) is 10.6 Å². The molecule has 0 aromatic heterocycles. The Morgan fingerprint density at radius 1 is 0.340 bits per heavy atom. The summed E-state index contributed by atoms with van der Waals surface area (Å²) in [6, 6.07) is -3.25. The molecule has 0 heterocycles. The van der Waals surface area contributed by atoms with Crippen LogP contribution in [0.5, 0.6) is 0 Å². The SMILES string of the molecule is O=C(NC1CCC(CC2CCC(NC(=O)C3(F)C(F)(F)C(F)(F)C(F)(F)C(F)(F)C3(F)F)CC2)CC1)C1(F)C(F)(F)C(F)(F)C(F)(F)C(F)(F)C1(F)F. The summed E-state index contributed by atoms with van der Waals surface area (Å²) in [4.78, 5) is 24.4. The van der Waals surface area contributed by atoms with E-state index in [0.29, 0.717) is 0 Å². The monoisotopic (exact) mass is 826 g/mol. The van der Waals surface area contributed by atoms with Crippen molar-refractivity contribution in [2.45, 2.75) is 140 Å². The van der Waals surface area contributed by atoms with E-state index in [2.05, 4.69) is 0 Å². The van der Waals surface area contributed by atoms with Gasteiger partial charge in [0.05, 0.1) is 0 Å². The maximum absolute atomic E-state index is 15.0. The quantitative estimate of drug-likeness (QED) is 0.264. The van der Waals surface area contributed by atoms with Crippen LogP contribution >= 0.6 is 0 Å². The molecule has 4 nitrogen and oxygen atoms in total. The smallest absolute Gasteiger partial charge is 0.350 e. The van der Waals surface area contributed by atoms with Crippen molar-refractivity contribution < 1.29 is 106 Å². The Labute approximate surface area is 281 Å². The summed E-state index contributed by atoms with van der Waals surface area (Å²) in [6.45, 7) is 0. The zero-order chi connectivity index (χ0) is 41.2. The van der Waals surface area contributed by atoms with Gasteiger partial charge < -0.3 is 10.6 Å². The molecule has 4 fully saturated rings. The van der Waals surface area contributed by atoms with Crippen molar-refractivity contribution >= 4 is 11.8 Å². The van der Waals surface area contributed by atoms with E-state index in [0.717, 1.165) is 10.6 Å². The Kier molecular flexibility index (Phi) is 9.73. The van der Waals surface area contributed by atoms with Crippen molar-refractivity contribution in [1.29, 1.82) is 0 Å². The van der Waals surface area contributed by atoms with Crippen LogP contribution in [0.25, 0.3) is 0 Å². The molecule has 2 N–H and O–H groups in total. The lowest BCUT2D eigenvalue weighted by atomic mass is 9.71. The highest BCUT2D eigenvalue weighted by atomic mass is 19.4. The fraction of sp³-hybridized carbons (Fsp3) is 0.926. The molecule has 4 rings (SSSR count). The lowest BCUT2D eigenvalue weighted by Gasteiger charge is -2.51. The minimum atomic E-state index is -7.52. The third kappa shape index (κ3) is 4.97. The van der Waals surface area contributed by atoms with Crippen molar-refractivity contribution in [3.8, 4) is 0 Å². The number of carbonyl (C=O) groups excluding carboxylic acids is 2. The van der Waals surface area contributed by atoms with Crippen molar-refractivity contribution in [3.05, 3.63) is 0 Å². The summed E-state index contributed by atoms with van der Waals surface area (Å²) in [5.41, 5.74) is -13.8. The van der Waals surface area contributed by atoms with Crippen LogP contribution in [0, 0.1) is 11.8 Å². The van der Waals surface area contributed by atoms with Crippen molar-refractivity contribution in [2.24, 2.45) is 11.8 Å². The summed E-state index contributed by atoms with van der Waals surface area (Å²) < 4.78 is 307. The zero-order valence-electron chi connectivity index (χ0n) is 25.8. The molecule has 0 spiro atoms. The number of hydrogen-bond acceptors (Lipinski definition) is 2. The predicted octanol–water partition coefficient (Wildman–Crippen LogP) is 8.52. The highest BCUT2D eigenvalue weighted by Gasteiger charge is 3.04. The maximum atomic E-state index is 15.0. The van der Waals surface area contributed by atoms with Crippen LogP contribution < -0.4 is 10.6 Å². The van der Waals surface area contributed by atoms with Crippen molar-refractivity contribution in [3.63, 3.8) is 0 Å². The van der Waals surface area contributed by atoms with E-state index in [4.69, 9.17) is 0 Å². The highest BCUT2D eigenvalue weighted by molar-refractivity contribution is 5.89. The van der Waals surface area contributed by atoms with Gasteiger partial charge in [-0.05, 0) is 69.6 Å². The fourth-order valence-corrected chi connectivity index (χ4v) is 7.14. The van der Waals surface area contributed by atoms with Gasteiger partial charge in [-0.2, -0.15) is 87.8 Å². The Hall–Kier alpha value is -2.60. The molecular formula is C27H24F22N2O2. The van der Waals surface area contributed by atoms with E-state index in [1.807, 2.05) is 0 Å². The molecule has 4 aliphatic carbocycles. The Bertz CT molecular complexity index is 1280. The van der Waals surface area contributed by atoms with Gasteiger partial charge in [-0.25, -0.2) is 8.78 Å². The molecule has 0 saturated heterocycles. The second-order valence-corrected chi connectivity index (χ2v) is 13.7. The number of halogens is 22. The first-order valence-electron chi connectivity index (χ1n) is 15.2. The molecule has 0 unspecified atom stereocenters. The van der Waals surface area contributed by atoms with Crippen LogP contribution in [0.15, 0.2) is 0 Å². The first-order valence-corrected chi connectivity index (χ1v) is 15.2. The number of hydrogen-bond donors (Lipinski definition) is 2. The van der Waals surface area contributed by atoms with E-state index < -0.39 is 132 Å². The second-order valence-electron chi connectivity index (χ2n) is 13.7. The number of rotatable bonds is 6. The summed E-state index contributed by atoms with van der Waals surface area (Å²) in [6.07, 6.45) is -2.20. The number of alkyl halides is 22. The first kappa shape index (κ1) is 43.1.